The first kappa shape index (κ1) is 23.4. The van der Waals surface area contributed by atoms with Crippen molar-refractivity contribution in [3.63, 3.8) is 0 Å². The van der Waals surface area contributed by atoms with Crippen molar-refractivity contribution in [2.45, 2.75) is 44.2 Å². The summed E-state index contributed by atoms with van der Waals surface area (Å²) in [5.74, 6) is -1.05. The number of aliphatic hydroxyl groups is 1. The van der Waals surface area contributed by atoms with Gasteiger partial charge in [0.1, 0.15) is 18.8 Å². The SMILES string of the molecule is C=CC[C@@H]1O[C@H](C[C@@H](COC(=O)c2ccccc2)OC(=O)c2ccccc2)[C@H](O)/C1=C/C. The summed E-state index contributed by atoms with van der Waals surface area (Å²) < 4.78 is 17.1. The van der Waals surface area contributed by atoms with E-state index in [0.29, 0.717) is 17.5 Å². The normalized spacial score (nSPS) is 22.3. The van der Waals surface area contributed by atoms with E-state index in [1.807, 2.05) is 13.0 Å². The Morgan fingerprint density at radius 2 is 1.66 bits per heavy atom. The zero-order valence-corrected chi connectivity index (χ0v) is 18.1. The number of hydrogen-bond acceptors (Lipinski definition) is 6. The number of ether oxygens (including phenoxy) is 3. The first-order valence-electron chi connectivity index (χ1n) is 10.6. The summed E-state index contributed by atoms with van der Waals surface area (Å²) >= 11 is 0. The molecule has 2 aromatic rings. The van der Waals surface area contributed by atoms with E-state index >= 15 is 0 Å². The van der Waals surface area contributed by atoms with Crippen LogP contribution < -0.4 is 0 Å². The van der Waals surface area contributed by atoms with Crippen molar-refractivity contribution in [2.75, 3.05) is 6.61 Å². The Balaban J connectivity index is 1.71. The monoisotopic (exact) mass is 436 g/mol. The largest absolute Gasteiger partial charge is 0.458 e. The Labute approximate surface area is 188 Å². The average Bonchev–Trinajstić information content (AvgIpc) is 3.12. The van der Waals surface area contributed by atoms with Crippen LogP contribution in [-0.2, 0) is 14.2 Å². The van der Waals surface area contributed by atoms with Crippen LogP contribution in [0.25, 0.3) is 0 Å². The molecule has 4 atom stereocenters. The molecule has 1 heterocycles. The maximum absolute atomic E-state index is 12.6. The van der Waals surface area contributed by atoms with Crippen LogP contribution in [0.4, 0.5) is 0 Å². The lowest BCUT2D eigenvalue weighted by Crippen LogP contribution is -2.33. The summed E-state index contributed by atoms with van der Waals surface area (Å²) in [6.07, 6.45) is 1.78. The predicted octanol–water partition coefficient (Wildman–Crippen LogP) is 4.11. The zero-order chi connectivity index (χ0) is 22.9. The van der Waals surface area contributed by atoms with Crippen LogP contribution in [0.2, 0.25) is 0 Å². The Morgan fingerprint density at radius 3 is 2.22 bits per heavy atom. The van der Waals surface area contributed by atoms with Crippen molar-refractivity contribution in [1.82, 2.24) is 0 Å². The van der Waals surface area contributed by atoms with Crippen LogP contribution in [0, 0.1) is 0 Å². The lowest BCUT2D eigenvalue weighted by atomic mass is 9.99. The first-order chi connectivity index (χ1) is 15.5. The van der Waals surface area contributed by atoms with Crippen molar-refractivity contribution < 1.29 is 28.9 Å². The molecule has 0 bridgehead atoms. The minimum atomic E-state index is -0.840. The molecule has 1 saturated heterocycles. The molecule has 32 heavy (non-hydrogen) atoms. The second kappa shape index (κ2) is 11.4. The minimum Gasteiger partial charge on any atom is -0.458 e. The van der Waals surface area contributed by atoms with E-state index in [-0.39, 0.29) is 19.1 Å². The van der Waals surface area contributed by atoms with Gasteiger partial charge >= 0.3 is 11.9 Å². The van der Waals surface area contributed by atoms with Gasteiger partial charge in [0.15, 0.2) is 0 Å². The molecule has 0 saturated carbocycles. The van der Waals surface area contributed by atoms with Crippen LogP contribution in [0.1, 0.15) is 40.5 Å². The van der Waals surface area contributed by atoms with E-state index in [9.17, 15) is 14.7 Å². The van der Waals surface area contributed by atoms with Gasteiger partial charge in [0.2, 0.25) is 0 Å². The highest BCUT2D eigenvalue weighted by molar-refractivity contribution is 5.90. The Kier molecular flexibility index (Phi) is 8.36. The zero-order valence-electron chi connectivity index (χ0n) is 18.1. The van der Waals surface area contributed by atoms with E-state index in [1.54, 1.807) is 66.7 Å². The molecule has 0 radical (unpaired) electrons. The molecule has 1 N–H and O–H groups in total. The fourth-order valence-corrected chi connectivity index (χ4v) is 3.68. The van der Waals surface area contributed by atoms with Gasteiger partial charge in [0, 0.05) is 6.42 Å². The number of aliphatic hydroxyl groups excluding tert-OH is 1. The van der Waals surface area contributed by atoms with Crippen molar-refractivity contribution in [2.24, 2.45) is 0 Å². The molecule has 1 aliphatic rings. The fraction of sp³-hybridized carbons (Fsp3) is 0.308. The van der Waals surface area contributed by atoms with Gasteiger partial charge in [-0.05, 0) is 43.2 Å². The maximum atomic E-state index is 12.6. The summed E-state index contributed by atoms with van der Waals surface area (Å²) in [4.78, 5) is 25.0. The summed E-state index contributed by atoms with van der Waals surface area (Å²) in [6, 6.07) is 17.2. The number of benzene rings is 2. The number of carbonyl (C=O) groups excluding carboxylic acids is 2. The second-order valence-electron chi connectivity index (χ2n) is 7.51. The van der Waals surface area contributed by atoms with Crippen molar-refractivity contribution >= 4 is 11.9 Å². The molecule has 3 rings (SSSR count). The van der Waals surface area contributed by atoms with Gasteiger partial charge < -0.3 is 19.3 Å². The molecule has 0 spiro atoms. The minimum absolute atomic E-state index is 0.157. The number of esters is 2. The molecular weight excluding hydrogens is 408 g/mol. The average molecular weight is 437 g/mol. The van der Waals surface area contributed by atoms with Gasteiger partial charge in [-0.15, -0.1) is 6.58 Å². The Morgan fingerprint density at radius 1 is 1.06 bits per heavy atom. The quantitative estimate of drug-likeness (QED) is 0.471. The van der Waals surface area contributed by atoms with Gasteiger partial charge in [0.25, 0.3) is 0 Å². The van der Waals surface area contributed by atoms with Crippen LogP contribution in [0.3, 0.4) is 0 Å². The highest BCUT2D eigenvalue weighted by atomic mass is 16.6. The third kappa shape index (κ3) is 5.93. The predicted molar refractivity (Wildman–Crippen MR) is 120 cm³/mol. The van der Waals surface area contributed by atoms with Crippen molar-refractivity contribution in [3.05, 3.63) is 96.1 Å². The van der Waals surface area contributed by atoms with Gasteiger partial charge in [-0.1, -0.05) is 48.6 Å². The fourth-order valence-electron chi connectivity index (χ4n) is 3.68. The van der Waals surface area contributed by atoms with Crippen LogP contribution in [0.5, 0.6) is 0 Å². The van der Waals surface area contributed by atoms with Gasteiger partial charge in [-0.2, -0.15) is 0 Å². The standard InChI is InChI=1S/C26H28O6/c1-3-11-22-21(4-2)24(27)23(32-22)16-20(31-26(29)19-14-9-6-10-15-19)17-30-25(28)18-12-7-5-8-13-18/h3-10,12-15,20,22-24,27H,1,11,16-17H2,2H3/b21-4+/t20-,22-,23+,24+/m0/s1. The highest BCUT2D eigenvalue weighted by Crippen LogP contribution is 2.32. The molecule has 2 aromatic carbocycles. The lowest BCUT2D eigenvalue weighted by molar-refractivity contribution is -0.0449. The van der Waals surface area contributed by atoms with Crippen LogP contribution >= 0.6 is 0 Å². The maximum Gasteiger partial charge on any atom is 0.338 e. The topological polar surface area (TPSA) is 82.1 Å². The van der Waals surface area contributed by atoms with E-state index in [2.05, 4.69) is 6.58 Å². The second-order valence-corrected chi connectivity index (χ2v) is 7.51. The van der Waals surface area contributed by atoms with Gasteiger partial charge in [-0.3, -0.25) is 0 Å². The third-order valence-electron chi connectivity index (χ3n) is 5.31. The van der Waals surface area contributed by atoms with Crippen molar-refractivity contribution in [1.29, 1.82) is 0 Å². The molecule has 168 valence electrons. The molecule has 0 unspecified atom stereocenters. The van der Waals surface area contributed by atoms with Gasteiger partial charge in [-0.25, -0.2) is 9.59 Å². The summed E-state index contributed by atoms with van der Waals surface area (Å²) in [5, 5.41) is 10.7. The van der Waals surface area contributed by atoms with Gasteiger partial charge in [0.05, 0.1) is 23.3 Å². The molecule has 6 nitrogen and oxygen atoms in total. The molecule has 0 amide bonds. The molecular formula is C26H28O6. The number of carbonyl (C=O) groups is 2. The summed E-state index contributed by atoms with van der Waals surface area (Å²) in [7, 11) is 0. The van der Waals surface area contributed by atoms with Crippen LogP contribution in [-0.4, -0.2) is 48.1 Å². The highest BCUT2D eigenvalue weighted by Gasteiger charge is 2.39. The molecule has 1 aliphatic heterocycles. The smallest absolute Gasteiger partial charge is 0.338 e. The van der Waals surface area contributed by atoms with E-state index in [1.165, 1.54) is 0 Å². The first-order valence-corrected chi connectivity index (χ1v) is 10.6. The van der Waals surface area contributed by atoms with Crippen molar-refractivity contribution in [3.8, 4) is 0 Å². The Hall–Kier alpha value is -3.22. The molecule has 1 fully saturated rings. The van der Waals surface area contributed by atoms with E-state index in [4.69, 9.17) is 14.2 Å². The number of rotatable bonds is 9. The lowest BCUT2D eigenvalue weighted by Gasteiger charge is -2.22. The third-order valence-corrected chi connectivity index (χ3v) is 5.31. The molecule has 0 aromatic heterocycles. The number of allylic oxidation sites excluding steroid dienone is 1. The van der Waals surface area contributed by atoms with E-state index in [0.717, 1.165) is 5.57 Å². The Bertz CT molecular complexity index is 937. The summed E-state index contributed by atoms with van der Waals surface area (Å²) in [5.41, 5.74) is 1.56. The molecule has 0 aliphatic carbocycles. The van der Waals surface area contributed by atoms with E-state index < -0.39 is 30.3 Å². The summed E-state index contributed by atoms with van der Waals surface area (Å²) in [6.45, 7) is 5.42. The molecule has 6 heteroatoms. The number of hydrogen-bond donors (Lipinski definition) is 1. The van der Waals surface area contributed by atoms with Crippen LogP contribution in [0.15, 0.2) is 85.0 Å².